The summed E-state index contributed by atoms with van der Waals surface area (Å²) >= 11 is 0. The number of hydrogen-bond donors (Lipinski definition) is 1. The van der Waals surface area contributed by atoms with Crippen LogP contribution in [0.1, 0.15) is 23.0 Å². The highest BCUT2D eigenvalue weighted by molar-refractivity contribution is 6.03. The van der Waals surface area contributed by atoms with Crippen LogP contribution in [0.5, 0.6) is 5.88 Å². The molecular weight excluding hydrogens is 437 g/mol. The molecule has 0 saturated heterocycles. The SMILES string of the molecule is CCOc1ccc(C(=O)Nc2ccc(-n3nc(-c4cccnc4)cc3C(F)(F)F)cn2)cn1. The minimum absolute atomic E-state index is 0.0817. The van der Waals surface area contributed by atoms with Gasteiger partial charge in [0.25, 0.3) is 5.91 Å². The van der Waals surface area contributed by atoms with Crippen LogP contribution in [0.15, 0.2) is 67.3 Å². The second-order valence-corrected chi connectivity index (χ2v) is 6.74. The van der Waals surface area contributed by atoms with Crippen molar-refractivity contribution in [3.05, 3.63) is 78.5 Å². The molecule has 4 rings (SSSR count). The van der Waals surface area contributed by atoms with Gasteiger partial charge in [-0.25, -0.2) is 14.6 Å². The molecule has 0 saturated carbocycles. The molecule has 0 radical (unpaired) electrons. The van der Waals surface area contributed by atoms with E-state index in [0.29, 0.717) is 18.1 Å². The monoisotopic (exact) mass is 454 g/mol. The van der Waals surface area contributed by atoms with Gasteiger partial charge < -0.3 is 10.1 Å². The Labute approximate surface area is 186 Å². The van der Waals surface area contributed by atoms with Crippen molar-refractivity contribution >= 4 is 11.7 Å². The van der Waals surface area contributed by atoms with Crippen LogP contribution in [0.3, 0.4) is 0 Å². The molecule has 4 heterocycles. The zero-order valence-corrected chi connectivity index (χ0v) is 17.2. The molecule has 0 aliphatic heterocycles. The van der Waals surface area contributed by atoms with Crippen molar-refractivity contribution < 1.29 is 22.7 Å². The molecule has 168 valence electrons. The van der Waals surface area contributed by atoms with E-state index in [9.17, 15) is 18.0 Å². The number of pyridine rings is 3. The van der Waals surface area contributed by atoms with Gasteiger partial charge in [-0.15, -0.1) is 0 Å². The van der Waals surface area contributed by atoms with Gasteiger partial charge in [-0.05, 0) is 43.3 Å². The van der Waals surface area contributed by atoms with E-state index in [1.807, 2.05) is 6.92 Å². The summed E-state index contributed by atoms with van der Waals surface area (Å²) in [6.07, 6.45) is 0.862. The molecule has 1 amide bonds. The molecule has 0 bridgehead atoms. The third kappa shape index (κ3) is 4.97. The molecular formula is C22H17F3N6O2. The molecule has 0 spiro atoms. The molecule has 0 fully saturated rings. The Morgan fingerprint density at radius 1 is 1.09 bits per heavy atom. The smallest absolute Gasteiger partial charge is 0.433 e. The number of nitrogens with zero attached hydrogens (tertiary/aromatic N) is 5. The number of halogens is 3. The van der Waals surface area contributed by atoms with E-state index in [0.717, 1.165) is 10.7 Å². The van der Waals surface area contributed by atoms with Gasteiger partial charge in [-0.3, -0.25) is 9.78 Å². The Morgan fingerprint density at radius 2 is 1.94 bits per heavy atom. The second kappa shape index (κ2) is 9.07. The molecule has 0 aliphatic carbocycles. The number of carbonyl (C=O) groups excluding carboxylic acids is 1. The third-order valence-corrected chi connectivity index (χ3v) is 4.48. The fourth-order valence-electron chi connectivity index (χ4n) is 2.96. The summed E-state index contributed by atoms with van der Waals surface area (Å²) in [7, 11) is 0. The fourth-order valence-corrected chi connectivity index (χ4v) is 2.96. The average molecular weight is 454 g/mol. The van der Waals surface area contributed by atoms with E-state index in [1.54, 1.807) is 24.3 Å². The van der Waals surface area contributed by atoms with Crippen molar-refractivity contribution in [1.29, 1.82) is 0 Å². The highest BCUT2D eigenvalue weighted by Crippen LogP contribution is 2.33. The van der Waals surface area contributed by atoms with E-state index in [2.05, 4.69) is 25.4 Å². The largest absolute Gasteiger partial charge is 0.478 e. The maximum absolute atomic E-state index is 13.6. The second-order valence-electron chi connectivity index (χ2n) is 6.74. The highest BCUT2D eigenvalue weighted by Gasteiger charge is 2.36. The summed E-state index contributed by atoms with van der Waals surface area (Å²) in [5, 5.41) is 6.66. The summed E-state index contributed by atoms with van der Waals surface area (Å²) in [6, 6.07) is 10.1. The van der Waals surface area contributed by atoms with Gasteiger partial charge in [0.2, 0.25) is 5.88 Å². The number of rotatable bonds is 6. The lowest BCUT2D eigenvalue weighted by Crippen LogP contribution is -2.15. The van der Waals surface area contributed by atoms with Gasteiger partial charge in [0.05, 0.1) is 29.7 Å². The Bertz CT molecular complexity index is 1240. The van der Waals surface area contributed by atoms with E-state index in [1.165, 1.54) is 36.9 Å². The lowest BCUT2D eigenvalue weighted by molar-refractivity contribution is -0.142. The van der Waals surface area contributed by atoms with Crippen molar-refractivity contribution in [2.75, 3.05) is 11.9 Å². The van der Waals surface area contributed by atoms with E-state index < -0.39 is 17.8 Å². The van der Waals surface area contributed by atoms with Crippen molar-refractivity contribution in [2.24, 2.45) is 0 Å². The topological polar surface area (TPSA) is 94.8 Å². The Morgan fingerprint density at radius 3 is 2.55 bits per heavy atom. The van der Waals surface area contributed by atoms with Gasteiger partial charge in [0.15, 0.2) is 0 Å². The van der Waals surface area contributed by atoms with Crippen LogP contribution < -0.4 is 10.1 Å². The quantitative estimate of drug-likeness (QED) is 0.464. The van der Waals surface area contributed by atoms with E-state index >= 15 is 0 Å². The molecule has 0 unspecified atom stereocenters. The minimum atomic E-state index is -4.64. The van der Waals surface area contributed by atoms with Crippen LogP contribution in [0, 0.1) is 0 Å². The zero-order valence-electron chi connectivity index (χ0n) is 17.2. The van der Waals surface area contributed by atoms with Gasteiger partial charge in [0, 0.05) is 30.2 Å². The number of ether oxygens (including phenoxy) is 1. The minimum Gasteiger partial charge on any atom is -0.478 e. The Kier molecular flexibility index (Phi) is 6.03. The summed E-state index contributed by atoms with van der Waals surface area (Å²) in [5.41, 5.74) is -0.0335. The van der Waals surface area contributed by atoms with Crippen LogP contribution in [0.2, 0.25) is 0 Å². The van der Waals surface area contributed by atoms with Crippen LogP contribution in [-0.4, -0.2) is 37.2 Å². The number of aromatic nitrogens is 5. The van der Waals surface area contributed by atoms with Gasteiger partial charge in [0.1, 0.15) is 11.5 Å². The zero-order chi connectivity index (χ0) is 23.4. The van der Waals surface area contributed by atoms with Crippen molar-refractivity contribution in [3.8, 4) is 22.8 Å². The summed E-state index contributed by atoms with van der Waals surface area (Å²) in [5.74, 6) is 0.0763. The van der Waals surface area contributed by atoms with Crippen LogP contribution in [0.4, 0.5) is 19.0 Å². The Balaban J connectivity index is 1.56. The van der Waals surface area contributed by atoms with Crippen molar-refractivity contribution in [3.63, 3.8) is 0 Å². The predicted octanol–water partition coefficient (Wildman–Crippen LogP) is 4.39. The standard InChI is InChI=1S/C22H17F3N6O2/c1-2-33-20-8-5-15(12-28-20)21(32)29-19-7-6-16(13-27-19)31-18(22(23,24)25)10-17(30-31)14-4-3-9-26-11-14/h3-13H,2H2,1H3,(H,27,29,32). The molecule has 4 aromatic rings. The lowest BCUT2D eigenvalue weighted by atomic mass is 10.2. The normalized spacial score (nSPS) is 11.3. The first-order chi connectivity index (χ1) is 15.8. The maximum Gasteiger partial charge on any atom is 0.433 e. The highest BCUT2D eigenvalue weighted by atomic mass is 19.4. The molecule has 11 heteroatoms. The average Bonchev–Trinajstić information content (AvgIpc) is 3.27. The number of amides is 1. The van der Waals surface area contributed by atoms with Gasteiger partial charge in [-0.2, -0.15) is 18.3 Å². The number of anilines is 1. The Hall–Kier alpha value is -4.28. The predicted molar refractivity (Wildman–Crippen MR) is 113 cm³/mol. The van der Waals surface area contributed by atoms with Gasteiger partial charge >= 0.3 is 6.18 Å². The molecule has 8 nitrogen and oxygen atoms in total. The first-order valence-electron chi connectivity index (χ1n) is 9.79. The fraction of sp³-hybridized carbons (Fsp3) is 0.136. The van der Waals surface area contributed by atoms with Crippen LogP contribution in [-0.2, 0) is 6.18 Å². The molecule has 33 heavy (non-hydrogen) atoms. The third-order valence-electron chi connectivity index (χ3n) is 4.48. The molecule has 4 aromatic heterocycles. The molecule has 0 aliphatic rings. The number of nitrogens with one attached hydrogen (secondary N) is 1. The molecule has 0 atom stereocenters. The van der Waals surface area contributed by atoms with Crippen LogP contribution >= 0.6 is 0 Å². The number of alkyl halides is 3. The first-order valence-corrected chi connectivity index (χ1v) is 9.79. The van der Waals surface area contributed by atoms with Gasteiger partial charge in [-0.1, -0.05) is 0 Å². The molecule has 0 aromatic carbocycles. The molecule has 1 N–H and O–H groups in total. The van der Waals surface area contributed by atoms with Crippen molar-refractivity contribution in [2.45, 2.75) is 13.1 Å². The summed E-state index contributed by atoms with van der Waals surface area (Å²) in [6.45, 7) is 2.27. The first kappa shape index (κ1) is 21.9. The van der Waals surface area contributed by atoms with E-state index in [-0.39, 0.29) is 22.8 Å². The van der Waals surface area contributed by atoms with E-state index in [4.69, 9.17) is 4.74 Å². The maximum atomic E-state index is 13.6. The van der Waals surface area contributed by atoms with Crippen molar-refractivity contribution in [1.82, 2.24) is 24.7 Å². The number of hydrogen-bond acceptors (Lipinski definition) is 6. The summed E-state index contributed by atoms with van der Waals surface area (Å²) in [4.78, 5) is 24.4. The number of carbonyl (C=O) groups is 1. The summed E-state index contributed by atoms with van der Waals surface area (Å²) < 4.78 is 46.8. The van der Waals surface area contributed by atoms with Crippen LogP contribution in [0.25, 0.3) is 16.9 Å². The lowest BCUT2D eigenvalue weighted by Gasteiger charge is -2.10.